The van der Waals surface area contributed by atoms with Crippen LogP contribution in [0.1, 0.15) is 22.8 Å². The number of carbonyl (C=O) groups is 1. The third-order valence-electron chi connectivity index (χ3n) is 3.16. The number of benzene rings is 2. The first-order chi connectivity index (χ1) is 10.9. The van der Waals surface area contributed by atoms with Crippen LogP contribution in [0.4, 0.5) is 0 Å². The molecule has 0 amide bonds. The average Bonchev–Trinajstić information content (AvgIpc) is 2.52. The van der Waals surface area contributed by atoms with Crippen LogP contribution in [-0.4, -0.2) is 27.4 Å². The van der Waals surface area contributed by atoms with Gasteiger partial charge >= 0.3 is 0 Å². The van der Waals surface area contributed by atoms with Crippen molar-refractivity contribution in [3.63, 3.8) is 0 Å². The summed E-state index contributed by atoms with van der Waals surface area (Å²) in [4.78, 5) is 11.3. The first-order valence-corrected chi connectivity index (χ1v) is 8.49. The maximum Gasteiger partial charge on any atom is 0.297 e. The molecule has 0 fully saturated rings. The van der Waals surface area contributed by atoms with Crippen LogP contribution in [0.2, 0.25) is 0 Å². The quantitative estimate of drug-likeness (QED) is 0.442. The molecule has 2 aromatic carbocycles. The molecule has 122 valence electrons. The highest BCUT2D eigenvalue weighted by atomic mass is 32.2. The van der Waals surface area contributed by atoms with Crippen molar-refractivity contribution in [2.24, 2.45) is 0 Å². The number of hydrogen-bond donors (Lipinski definition) is 0. The van der Waals surface area contributed by atoms with Gasteiger partial charge in [0, 0.05) is 5.56 Å². The SMILES string of the molecule is CC(=O)c1ccc(OCCOS(=O)(=O)c2ccc(C)cc2)cc1. The highest BCUT2D eigenvalue weighted by Gasteiger charge is 2.14. The Morgan fingerprint density at radius 2 is 1.57 bits per heavy atom. The van der Waals surface area contributed by atoms with Crippen LogP contribution in [0.3, 0.4) is 0 Å². The average molecular weight is 334 g/mol. The van der Waals surface area contributed by atoms with Gasteiger partial charge in [0.05, 0.1) is 4.90 Å². The molecule has 0 spiro atoms. The Balaban J connectivity index is 1.84. The van der Waals surface area contributed by atoms with Crippen molar-refractivity contribution in [2.45, 2.75) is 18.7 Å². The molecule has 0 aliphatic rings. The first-order valence-electron chi connectivity index (χ1n) is 7.08. The van der Waals surface area contributed by atoms with Crippen molar-refractivity contribution in [1.82, 2.24) is 0 Å². The lowest BCUT2D eigenvalue weighted by Crippen LogP contribution is -2.13. The largest absolute Gasteiger partial charge is 0.491 e. The summed E-state index contributed by atoms with van der Waals surface area (Å²) in [6.07, 6.45) is 0. The van der Waals surface area contributed by atoms with Gasteiger partial charge in [-0.3, -0.25) is 8.98 Å². The summed E-state index contributed by atoms with van der Waals surface area (Å²) in [5.41, 5.74) is 1.57. The molecule has 2 rings (SSSR count). The van der Waals surface area contributed by atoms with E-state index in [1.807, 2.05) is 6.92 Å². The second-order valence-electron chi connectivity index (χ2n) is 5.02. The van der Waals surface area contributed by atoms with E-state index < -0.39 is 10.1 Å². The Morgan fingerprint density at radius 1 is 0.957 bits per heavy atom. The summed E-state index contributed by atoms with van der Waals surface area (Å²) in [6.45, 7) is 3.36. The van der Waals surface area contributed by atoms with E-state index in [0.29, 0.717) is 11.3 Å². The van der Waals surface area contributed by atoms with Crippen LogP contribution >= 0.6 is 0 Å². The Hall–Kier alpha value is -2.18. The molecule has 0 aliphatic carbocycles. The van der Waals surface area contributed by atoms with Crippen LogP contribution in [0.25, 0.3) is 0 Å². The number of hydrogen-bond acceptors (Lipinski definition) is 5. The molecule has 2 aromatic rings. The predicted molar refractivity (Wildman–Crippen MR) is 86.3 cm³/mol. The fraction of sp³-hybridized carbons (Fsp3) is 0.235. The molecular formula is C17H18O5S. The van der Waals surface area contributed by atoms with Crippen molar-refractivity contribution in [1.29, 1.82) is 0 Å². The van der Waals surface area contributed by atoms with E-state index in [0.717, 1.165) is 5.56 Å². The van der Waals surface area contributed by atoms with Crippen molar-refractivity contribution in [2.75, 3.05) is 13.2 Å². The summed E-state index contributed by atoms with van der Waals surface area (Å²) in [6, 6.07) is 13.1. The van der Waals surface area contributed by atoms with Gasteiger partial charge in [-0.1, -0.05) is 17.7 Å². The van der Waals surface area contributed by atoms with E-state index in [2.05, 4.69) is 0 Å². The van der Waals surface area contributed by atoms with Crippen LogP contribution in [0, 0.1) is 6.92 Å². The molecule has 0 atom stereocenters. The van der Waals surface area contributed by atoms with Gasteiger partial charge in [-0.15, -0.1) is 0 Å². The molecule has 0 unspecified atom stereocenters. The molecule has 0 radical (unpaired) electrons. The van der Waals surface area contributed by atoms with Crippen LogP contribution in [-0.2, 0) is 14.3 Å². The van der Waals surface area contributed by atoms with Crippen molar-refractivity contribution >= 4 is 15.9 Å². The van der Waals surface area contributed by atoms with E-state index in [1.165, 1.54) is 19.1 Å². The van der Waals surface area contributed by atoms with Gasteiger partial charge in [0.25, 0.3) is 10.1 Å². The molecule has 0 heterocycles. The summed E-state index contributed by atoms with van der Waals surface area (Å²) in [5, 5.41) is 0. The number of carbonyl (C=O) groups excluding carboxylic acids is 1. The molecule has 0 aromatic heterocycles. The lowest BCUT2D eigenvalue weighted by atomic mass is 10.1. The zero-order valence-corrected chi connectivity index (χ0v) is 13.8. The fourth-order valence-corrected chi connectivity index (χ4v) is 2.76. The summed E-state index contributed by atoms with van der Waals surface area (Å²) < 4.78 is 34.2. The second-order valence-corrected chi connectivity index (χ2v) is 6.63. The molecule has 23 heavy (non-hydrogen) atoms. The molecule has 5 nitrogen and oxygen atoms in total. The van der Waals surface area contributed by atoms with Gasteiger partial charge in [-0.2, -0.15) is 8.42 Å². The van der Waals surface area contributed by atoms with Gasteiger partial charge in [0.2, 0.25) is 0 Å². The minimum absolute atomic E-state index is 0.0240. The number of aryl methyl sites for hydroxylation is 1. The minimum atomic E-state index is -3.77. The standard InChI is InChI=1S/C17H18O5S/c1-13-3-9-17(10-4-13)23(19,20)22-12-11-21-16-7-5-15(6-8-16)14(2)18/h3-10H,11-12H2,1-2H3. The Kier molecular flexibility index (Phi) is 5.52. The monoisotopic (exact) mass is 334 g/mol. The van der Waals surface area contributed by atoms with Crippen molar-refractivity contribution < 1.29 is 22.1 Å². The summed E-state index contributed by atoms with van der Waals surface area (Å²) in [7, 11) is -3.77. The highest BCUT2D eigenvalue weighted by molar-refractivity contribution is 7.86. The molecule has 6 heteroatoms. The second kappa shape index (κ2) is 7.39. The number of rotatable bonds is 7. The maximum atomic E-state index is 12.0. The third kappa shape index (κ3) is 4.91. The topological polar surface area (TPSA) is 69.7 Å². The van der Waals surface area contributed by atoms with E-state index in [4.69, 9.17) is 8.92 Å². The van der Waals surface area contributed by atoms with Crippen molar-refractivity contribution in [3.05, 3.63) is 59.7 Å². The maximum absolute atomic E-state index is 12.0. The van der Waals surface area contributed by atoms with E-state index in [9.17, 15) is 13.2 Å². The molecule has 0 saturated carbocycles. The zero-order valence-electron chi connectivity index (χ0n) is 13.0. The van der Waals surface area contributed by atoms with E-state index in [1.54, 1.807) is 36.4 Å². The number of ether oxygens (including phenoxy) is 1. The molecular weight excluding hydrogens is 316 g/mol. The number of ketones is 1. The van der Waals surface area contributed by atoms with Crippen LogP contribution in [0.15, 0.2) is 53.4 Å². The van der Waals surface area contributed by atoms with E-state index >= 15 is 0 Å². The lowest BCUT2D eigenvalue weighted by Gasteiger charge is -2.08. The molecule has 0 aliphatic heterocycles. The molecule has 0 bridgehead atoms. The third-order valence-corrected chi connectivity index (χ3v) is 4.49. The smallest absolute Gasteiger partial charge is 0.297 e. The molecule has 0 saturated heterocycles. The Morgan fingerprint density at radius 3 is 2.13 bits per heavy atom. The van der Waals surface area contributed by atoms with Gasteiger partial charge < -0.3 is 4.74 Å². The molecule has 0 N–H and O–H groups in total. The highest BCUT2D eigenvalue weighted by Crippen LogP contribution is 2.14. The van der Waals surface area contributed by atoms with Gasteiger partial charge in [-0.25, -0.2) is 0 Å². The fourth-order valence-electron chi connectivity index (χ4n) is 1.86. The summed E-state index contributed by atoms with van der Waals surface area (Å²) in [5.74, 6) is 0.524. The van der Waals surface area contributed by atoms with E-state index in [-0.39, 0.29) is 23.9 Å². The van der Waals surface area contributed by atoms with Crippen LogP contribution < -0.4 is 4.74 Å². The predicted octanol–water partition coefficient (Wildman–Crippen LogP) is 2.98. The Labute approximate surface area is 136 Å². The van der Waals surface area contributed by atoms with Crippen LogP contribution in [0.5, 0.6) is 5.75 Å². The van der Waals surface area contributed by atoms with Gasteiger partial charge in [-0.05, 0) is 50.2 Å². The summed E-state index contributed by atoms with van der Waals surface area (Å²) >= 11 is 0. The first kappa shape index (κ1) is 17.2. The minimum Gasteiger partial charge on any atom is -0.491 e. The van der Waals surface area contributed by atoms with Crippen molar-refractivity contribution in [3.8, 4) is 5.75 Å². The van der Waals surface area contributed by atoms with Gasteiger partial charge in [0.1, 0.15) is 19.0 Å². The number of Topliss-reactive ketones (excluding diaryl/α,β-unsaturated/α-hetero) is 1. The zero-order chi connectivity index (χ0) is 16.9. The lowest BCUT2D eigenvalue weighted by molar-refractivity contribution is 0.101. The Bertz CT molecular complexity index is 762. The normalized spacial score (nSPS) is 11.2. The van der Waals surface area contributed by atoms with Gasteiger partial charge in [0.15, 0.2) is 5.78 Å².